The summed E-state index contributed by atoms with van der Waals surface area (Å²) in [7, 11) is 0. The van der Waals surface area contributed by atoms with Crippen molar-refractivity contribution >= 4 is 52.2 Å². The largest absolute Gasteiger partial charge is 0.506 e. The van der Waals surface area contributed by atoms with Gasteiger partial charge in [-0.1, -0.05) is 34.8 Å². The number of phenols is 1. The topological polar surface area (TPSA) is 61.4 Å². The molecular formula is C13H9Cl3N2O2. The molecule has 0 aliphatic rings. The van der Waals surface area contributed by atoms with Crippen LogP contribution in [0.3, 0.4) is 0 Å². The number of urea groups is 1. The maximum absolute atomic E-state index is 11.8. The van der Waals surface area contributed by atoms with Gasteiger partial charge in [0.1, 0.15) is 5.75 Å². The monoisotopic (exact) mass is 330 g/mol. The molecule has 0 bridgehead atoms. The van der Waals surface area contributed by atoms with Gasteiger partial charge in [0.05, 0.1) is 15.7 Å². The van der Waals surface area contributed by atoms with Crippen LogP contribution >= 0.6 is 34.8 Å². The smallest absolute Gasteiger partial charge is 0.323 e. The van der Waals surface area contributed by atoms with Crippen molar-refractivity contribution in [3.05, 3.63) is 51.5 Å². The van der Waals surface area contributed by atoms with E-state index in [1.165, 1.54) is 18.2 Å². The number of hydrogen-bond acceptors (Lipinski definition) is 2. The third-order valence-electron chi connectivity index (χ3n) is 2.38. The van der Waals surface area contributed by atoms with Gasteiger partial charge in [0.15, 0.2) is 0 Å². The molecule has 0 unspecified atom stereocenters. The Hall–Kier alpha value is -1.62. The number of halogens is 3. The first-order valence-corrected chi connectivity index (χ1v) is 6.60. The zero-order valence-electron chi connectivity index (χ0n) is 9.95. The Balaban J connectivity index is 2.09. The minimum atomic E-state index is -0.518. The molecule has 0 aromatic heterocycles. The van der Waals surface area contributed by atoms with Crippen LogP contribution in [-0.4, -0.2) is 11.1 Å². The van der Waals surface area contributed by atoms with Crippen molar-refractivity contribution < 1.29 is 9.90 Å². The van der Waals surface area contributed by atoms with E-state index in [1.54, 1.807) is 18.2 Å². The number of hydrogen-bond donors (Lipinski definition) is 3. The fourth-order valence-electron chi connectivity index (χ4n) is 1.47. The number of rotatable bonds is 2. The van der Waals surface area contributed by atoms with Crippen LogP contribution in [0.1, 0.15) is 0 Å². The number of nitrogens with one attached hydrogen (secondary N) is 2. The molecule has 0 spiro atoms. The highest BCUT2D eigenvalue weighted by atomic mass is 35.5. The van der Waals surface area contributed by atoms with Crippen molar-refractivity contribution in [1.82, 2.24) is 0 Å². The summed E-state index contributed by atoms with van der Waals surface area (Å²) in [6, 6.07) is 8.57. The minimum absolute atomic E-state index is 0.120. The number of carbonyl (C=O) groups is 1. The summed E-state index contributed by atoms with van der Waals surface area (Å²) < 4.78 is 0. The highest BCUT2D eigenvalue weighted by Crippen LogP contribution is 2.27. The van der Waals surface area contributed by atoms with Gasteiger partial charge in [-0.25, -0.2) is 4.79 Å². The average molecular weight is 332 g/mol. The molecule has 0 saturated heterocycles. The van der Waals surface area contributed by atoms with Gasteiger partial charge in [0.25, 0.3) is 0 Å². The van der Waals surface area contributed by atoms with Crippen LogP contribution in [0.2, 0.25) is 15.1 Å². The van der Waals surface area contributed by atoms with Crippen molar-refractivity contribution in [3.8, 4) is 5.75 Å². The quantitative estimate of drug-likeness (QED) is 0.725. The fourth-order valence-corrected chi connectivity index (χ4v) is 1.92. The summed E-state index contributed by atoms with van der Waals surface area (Å²) in [5.74, 6) is -0.120. The molecule has 2 aromatic rings. The molecule has 0 aliphatic heterocycles. The molecule has 2 amide bonds. The van der Waals surface area contributed by atoms with Crippen LogP contribution in [0.15, 0.2) is 36.4 Å². The van der Waals surface area contributed by atoms with Crippen LogP contribution in [0.25, 0.3) is 0 Å². The summed E-state index contributed by atoms with van der Waals surface area (Å²) in [5.41, 5.74) is 0.775. The number of aromatic hydroxyl groups is 1. The van der Waals surface area contributed by atoms with E-state index in [0.717, 1.165) is 0 Å². The van der Waals surface area contributed by atoms with Crippen molar-refractivity contribution in [2.75, 3.05) is 10.6 Å². The molecule has 0 atom stereocenters. The number of carbonyl (C=O) groups excluding carboxylic acids is 1. The van der Waals surface area contributed by atoms with Gasteiger partial charge in [-0.2, -0.15) is 0 Å². The van der Waals surface area contributed by atoms with Crippen LogP contribution in [0.5, 0.6) is 5.75 Å². The van der Waals surface area contributed by atoms with Crippen molar-refractivity contribution in [2.24, 2.45) is 0 Å². The lowest BCUT2D eigenvalue weighted by Gasteiger charge is -2.10. The molecule has 0 aliphatic carbocycles. The molecule has 0 saturated carbocycles. The van der Waals surface area contributed by atoms with Crippen molar-refractivity contribution in [3.63, 3.8) is 0 Å². The zero-order valence-corrected chi connectivity index (χ0v) is 12.2. The lowest BCUT2D eigenvalue weighted by Crippen LogP contribution is -2.19. The standard InChI is InChI=1S/C13H9Cl3N2O2/c14-7-1-3-9(15)11(5-7)18-13(20)17-8-2-4-10(16)12(19)6-8/h1-6,19H,(H2,17,18,20). The van der Waals surface area contributed by atoms with Gasteiger partial charge in [-0.3, -0.25) is 0 Å². The van der Waals surface area contributed by atoms with E-state index in [1.807, 2.05) is 0 Å². The second kappa shape index (κ2) is 6.22. The first kappa shape index (κ1) is 14.8. The van der Waals surface area contributed by atoms with E-state index >= 15 is 0 Å². The average Bonchev–Trinajstić information content (AvgIpc) is 2.38. The van der Waals surface area contributed by atoms with Crippen molar-refractivity contribution in [2.45, 2.75) is 0 Å². The summed E-state index contributed by atoms with van der Waals surface area (Å²) in [4.78, 5) is 11.8. The number of benzene rings is 2. The number of amides is 2. The molecule has 7 heteroatoms. The Bertz CT molecular complexity index is 662. The zero-order chi connectivity index (χ0) is 14.7. The van der Waals surface area contributed by atoms with E-state index in [-0.39, 0.29) is 10.8 Å². The third kappa shape index (κ3) is 3.70. The molecule has 0 fully saturated rings. The summed E-state index contributed by atoms with van der Waals surface area (Å²) >= 11 is 17.4. The maximum atomic E-state index is 11.8. The lowest BCUT2D eigenvalue weighted by molar-refractivity contribution is 0.262. The van der Waals surface area contributed by atoms with E-state index in [2.05, 4.69) is 10.6 Å². The van der Waals surface area contributed by atoms with Crippen LogP contribution in [-0.2, 0) is 0 Å². The van der Waals surface area contributed by atoms with E-state index in [9.17, 15) is 9.90 Å². The van der Waals surface area contributed by atoms with Crippen LogP contribution in [0, 0.1) is 0 Å². The number of phenolic OH excluding ortho intramolecular Hbond substituents is 1. The Morgan fingerprint density at radius 1 is 0.950 bits per heavy atom. The summed E-state index contributed by atoms with van der Waals surface area (Å²) in [5, 5.41) is 15.5. The highest BCUT2D eigenvalue weighted by molar-refractivity contribution is 6.35. The third-order valence-corrected chi connectivity index (χ3v) is 3.26. The molecular weight excluding hydrogens is 323 g/mol. The predicted octanol–water partition coefficient (Wildman–Crippen LogP) is 5.00. The molecule has 2 aromatic carbocycles. The molecule has 104 valence electrons. The highest BCUT2D eigenvalue weighted by Gasteiger charge is 2.08. The van der Waals surface area contributed by atoms with Crippen LogP contribution in [0.4, 0.5) is 16.2 Å². The van der Waals surface area contributed by atoms with E-state index in [4.69, 9.17) is 34.8 Å². The predicted molar refractivity (Wildman–Crippen MR) is 82.2 cm³/mol. The molecule has 3 N–H and O–H groups in total. The van der Waals surface area contributed by atoms with Crippen molar-refractivity contribution in [1.29, 1.82) is 0 Å². The van der Waals surface area contributed by atoms with Gasteiger partial charge >= 0.3 is 6.03 Å². The summed E-state index contributed by atoms with van der Waals surface area (Å²) in [6.45, 7) is 0. The normalized spacial score (nSPS) is 10.2. The fraction of sp³-hybridized carbons (Fsp3) is 0. The maximum Gasteiger partial charge on any atom is 0.323 e. The summed E-state index contributed by atoms with van der Waals surface area (Å²) in [6.07, 6.45) is 0. The van der Waals surface area contributed by atoms with Gasteiger partial charge < -0.3 is 15.7 Å². The first-order chi connectivity index (χ1) is 9.45. The molecule has 0 heterocycles. The number of anilines is 2. The molecule has 20 heavy (non-hydrogen) atoms. The Labute approximate surface area is 130 Å². The van der Waals surface area contributed by atoms with Gasteiger partial charge in [0, 0.05) is 16.8 Å². The van der Waals surface area contributed by atoms with Gasteiger partial charge in [-0.05, 0) is 30.3 Å². The van der Waals surface area contributed by atoms with Gasteiger partial charge in [0.2, 0.25) is 0 Å². The Morgan fingerprint density at radius 2 is 1.65 bits per heavy atom. The SMILES string of the molecule is O=C(Nc1ccc(Cl)c(O)c1)Nc1cc(Cl)ccc1Cl. The minimum Gasteiger partial charge on any atom is -0.506 e. The lowest BCUT2D eigenvalue weighted by atomic mass is 10.3. The second-order valence-electron chi connectivity index (χ2n) is 3.87. The molecule has 2 rings (SSSR count). The van der Waals surface area contributed by atoms with Crippen LogP contribution < -0.4 is 10.6 Å². The van der Waals surface area contributed by atoms with E-state index in [0.29, 0.717) is 21.4 Å². The molecule has 0 radical (unpaired) electrons. The molecule has 4 nitrogen and oxygen atoms in total. The van der Waals surface area contributed by atoms with E-state index < -0.39 is 6.03 Å². The Morgan fingerprint density at radius 3 is 2.35 bits per heavy atom. The second-order valence-corrected chi connectivity index (χ2v) is 5.12. The first-order valence-electron chi connectivity index (χ1n) is 5.47. The van der Waals surface area contributed by atoms with Gasteiger partial charge in [-0.15, -0.1) is 0 Å². The Kier molecular flexibility index (Phi) is 4.60.